The molecule has 0 aromatic heterocycles. The highest BCUT2D eigenvalue weighted by molar-refractivity contribution is 7.93. The number of alkyl halides is 3. The Bertz CT molecular complexity index is 1780. The minimum atomic E-state index is -4.82. The summed E-state index contributed by atoms with van der Waals surface area (Å²) >= 11 is 12.6. The van der Waals surface area contributed by atoms with Crippen LogP contribution in [0.3, 0.4) is 0 Å². The first-order chi connectivity index (χ1) is 22.7. The third-order valence-electron chi connectivity index (χ3n) is 9.16. The zero-order valence-corrected chi connectivity index (χ0v) is 28.1. The topological polar surface area (TPSA) is 66.9 Å². The fraction of sp³-hybridized carbons (Fsp3) is 0.400. The number of amides is 1. The maximum absolute atomic E-state index is 15.4. The molecule has 2 aliphatic carbocycles. The van der Waals surface area contributed by atoms with Crippen molar-refractivity contribution < 1.29 is 35.5 Å². The summed E-state index contributed by atoms with van der Waals surface area (Å²) < 4.78 is 93.9. The van der Waals surface area contributed by atoms with Gasteiger partial charge in [-0.05, 0) is 79.1 Å². The molecule has 1 saturated heterocycles. The van der Waals surface area contributed by atoms with Gasteiger partial charge in [-0.2, -0.15) is 13.2 Å². The monoisotopic (exact) mass is 724 g/mol. The Kier molecular flexibility index (Phi) is 9.63. The molecule has 2 saturated carbocycles. The number of anilines is 1. The van der Waals surface area contributed by atoms with Gasteiger partial charge in [-0.25, -0.2) is 12.8 Å². The second-order valence-electron chi connectivity index (χ2n) is 12.7. The van der Waals surface area contributed by atoms with E-state index in [2.05, 4.69) is 6.58 Å². The summed E-state index contributed by atoms with van der Waals surface area (Å²) in [6.45, 7) is 3.29. The number of rotatable bonds is 12. The predicted molar refractivity (Wildman–Crippen MR) is 177 cm³/mol. The zero-order chi connectivity index (χ0) is 34.4. The first-order valence-corrected chi connectivity index (χ1v) is 18.0. The van der Waals surface area contributed by atoms with Crippen molar-refractivity contribution in [1.29, 1.82) is 0 Å². The van der Waals surface area contributed by atoms with Crippen LogP contribution >= 0.6 is 23.2 Å². The third-order valence-corrected chi connectivity index (χ3v) is 11.9. The molecule has 1 amide bonds. The van der Waals surface area contributed by atoms with E-state index < -0.39 is 69.8 Å². The van der Waals surface area contributed by atoms with Gasteiger partial charge in [0.25, 0.3) is 5.91 Å². The number of hydrogen-bond acceptors (Lipinski definition) is 4. The molecule has 0 bridgehead atoms. The van der Waals surface area contributed by atoms with Crippen molar-refractivity contribution in [1.82, 2.24) is 4.90 Å². The van der Waals surface area contributed by atoms with Crippen molar-refractivity contribution in [3.8, 4) is 0 Å². The van der Waals surface area contributed by atoms with Gasteiger partial charge in [-0.15, -0.1) is 6.58 Å². The van der Waals surface area contributed by atoms with E-state index in [1.54, 1.807) is 48.5 Å². The highest BCUT2D eigenvalue weighted by Gasteiger charge is 2.60. The molecular weight excluding hydrogens is 691 g/mol. The molecule has 3 fully saturated rings. The first kappa shape index (κ1) is 34.7. The fourth-order valence-corrected chi connectivity index (χ4v) is 8.89. The number of ether oxygens (including phenoxy) is 1. The number of hydrogen-bond donors (Lipinski definition) is 0. The lowest BCUT2D eigenvalue weighted by molar-refractivity contribution is -0.239. The molecule has 4 atom stereocenters. The summed E-state index contributed by atoms with van der Waals surface area (Å²) in [6.07, 6.45) is -4.88. The van der Waals surface area contributed by atoms with Gasteiger partial charge < -0.3 is 9.64 Å². The van der Waals surface area contributed by atoms with Crippen molar-refractivity contribution in [3.63, 3.8) is 0 Å². The van der Waals surface area contributed by atoms with Crippen molar-refractivity contribution in [2.24, 2.45) is 5.92 Å². The minimum Gasteiger partial charge on any atom is -0.354 e. The summed E-state index contributed by atoms with van der Waals surface area (Å²) in [5.41, 5.74) is -1.69. The van der Waals surface area contributed by atoms with Crippen LogP contribution < -0.4 is 4.31 Å². The van der Waals surface area contributed by atoms with Gasteiger partial charge in [0.2, 0.25) is 10.0 Å². The minimum absolute atomic E-state index is 0.183. The molecule has 3 aromatic carbocycles. The van der Waals surface area contributed by atoms with Crippen LogP contribution in [0.15, 0.2) is 85.5 Å². The highest BCUT2D eigenvalue weighted by Crippen LogP contribution is 2.53. The highest BCUT2D eigenvalue weighted by atomic mass is 35.5. The number of sulfonamides is 1. The molecule has 3 aliphatic rings. The second-order valence-corrected chi connectivity index (χ2v) is 15.7. The molecule has 256 valence electrons. The van der Waals surface area contributed by atoms with E-state index in [0.29, 0.717) is 46.9 Å². The molecule has 13 heteroatoms. The molecule has 0 spiro atoms. The van der Waals surface area contributed by atoms with E-state index in [1.807, 2.05) is 0 Å². The Morgan fingerprint density at radius 1 is 0.979 bits per heavy atom. The Morgan fingerprint density at radius 2 is 1.67 bits per heavy atom. The van der Waals surface area contributed by atoms with E-state index in [4.69, 9.17) is 27.9 Å². The maximum Gasteiger partial charge on any atom is 0.392 e. The van der Waals surface area contributed by atoms with Crippen LogP contribution in [0.1, 0.15) is 61.8 Å². The van der Waals surface area contributed by atoms with Crippen LogP contribution in [0.25, 0.3) is 0 Å². The van der Waals surface area contributed by atoms with Crippen molar-refractivity contribution in [3.05, 3.63) is 112 Å². The number of carbonyl (C=O) groups excluding carboxylic acids is 1. The molecule has 1 heterocycles. The molecule has 0 unspecified atom stereocenters. The summed E-state index contributed by atoms with van der Waals surface area (Å²) in [4.78, 5) is 16.3. The SMILES string of the molecule is C=CC[C@]1(CC(F)(F)F)O[C@H](c2cccc(Cl)c2)[C@@H](c2ccc(Cl)cc2)N([C@H](CN(c2ccccc2F)S(=O)(=O)C2CC2)C2CC2)C1=O. The summed E-state index contributed by atoms with van der Waals surface area (Å²) in [6, 6.07) is 16.5. The molecule has 0 radical (unpaired) electrons. The number of carbonyl (C=O) groups is 1. The van der Waals surface area contributed by atoms with Gasteiger partial charge in [0.05, 0.1) is 36.0 Å². The van der Waals surface area contributed by atoms with E-state index in [9.17, 15) is 26.4 Å². The predicted octanol–water partition coefficient (Wildman–Crippen LogP) is 8.82. The molecule has 0 N–H and O–H groups in total. The Balaban J connectivity index is 1.57. The number of nitrogens with zero attached hydrogens (tertiary/aromatic N) is 2. The average molecular weight is 726 g/mol. The average Bonchev–Trinajstić information content (AvgIpc) is 3.94. The van der Waals surface area contributed by atoms with Gasteiger partial charge >= 0.3 is 6.18 Å². The van der Waals surface area contributed by atoms with Crippen LogP contribution in [-0.4, -0.2) is 48.8 Å². The van der Waals surface area contributed by atoms with Crippen LogP contribution in [0, 0.1) is 11.7 Å². The van der Waals surface area contributed by atoms with Gasteiger partial charge in [0, 0.05) is 16.5 Å². The van der Waals surface area contributed by atoms with E-state index >= 15 is 4.39 Å². The second kappa shape index (κ2) is 13.3. The Labute approximate surface area is 287 Å². The van der Waals surface area contributed by atoms with E-state index in [0.717, 1.165) is 10.4 Å². The summed E-state index contributed by atoms with van der Waals surface area (Å²) in [7, 11) is -4.09. The molecular formula is C35H34Cl2F4N2O4S. The van der Waals surface area contributed by atoms with Gasteiger partial charge in [0.15, 0.2) is 5.60 Å². The molecule has 3 aromatic rings. The van der Waals surface area contributed by atoms with Gasteiger partial charge in [-0.1, -0.05) is 65.7 Å². The zero-order valence-electron chi connectivity index (χ0n) is 25.8. The lowest BCUT2D eigenvalue weighted by Crippen LogP contribution is -2.64. The number of para-hydroxylation sites is 1. The van der Waals surface area contributed by atoms with Crippen LogP contribution in [0.2, 0.25) is 10.0 Å². The van der Waals surface area contributed by atoms with Crippen molar-refractivity contribution in [2.75, 3.05) is 10.8 Å². The standard InChI is InChI=1S/C35H34Cl2F4N2O4S/c1-2-18-34(21-35(39,40)41)33(44)43(31(23-12-14-25(36)15-13-23)32(47-34)24-6-5-7-26(37)19-24)30(22-10-11-22)20-42(48(45,46)27-16-17-27)29-9-4-3-8-28(29)38/h2-9,12-15,19,22,27,30-32H,1,10-11,16-18,20-21H2/t30-,31-,32-,34-/m1/s1. The largest absolute Gasteiger partial charge is 0.392 e. The summed E-state index contributed by atoms with van der Waals surface area (Å²) in [5.74, 6) is -2.00. The molecule has 6 rings (SSSR count). The molecule has 48 heavy (non-hydrogen) atoms. The number of halogens is 6. The number of morpholine rings is 1. The lowest BCUT2D eigenvalue weighted by Gasteiger charge is -2.53. The van der Waals surface area contributed by atoms with Crippen LogP contribution in [0.5, 0.6) is 0 Å². The van der Waals surface area contributed by atoms with Gasteiger partial charge in [0.1, 0.15) is 11.9 Å². The molecule has 1 aliphatic heterocycles. The van der Waals surface area contributed by atoms with E-state index in [-0.39, 0.29) is 18.2 Å². The smallest absolute Gasteiger partial charge is 0.354 e. The van der Waals surface area contributed by atoms with Crippen molar-refractivity contribution in [2.45, 2.75) is 73.7 Å². The Morgan fingerprint density at radius 3 is 2.25 bits per heavy atom. The van der Waals surface area contributed by atoms with Crippen LogP contribution in [-0.2, 0) is 19.6 Å². The maximum atomic E-state index is 15.4. The fourth-order valence-electron chi connectivity index (χ4n) is 6.69. The summed E-state index contributed by atoms with van der Waals surface area (Å²) in [5, 5.41) is -0.0287. The van der Waals surface area contributed by atoms with Crippen LogP contribution in [0.4, 0.5) is 23.2 Å². The first-order valence-electron chi connectivity index (χ1n) is 15.7. The quantitative estimate of drug-likeness (QED) is 0.138. The molecule has 6 nitrogen and oxygen atoms in total. The van der Waals surface area contributed by atoms with Crippen molar-refractivity contribution >= 4 is 44.8 Å². The van der Waals surface area contributed by atoms with Gasteiger partial charge in [-0.3, -0.25) is 9.10 Å². The third kappa shape index (κ3) is 7.11. The lowest BCUT2D eigenvalue weighted by atomic mass is 9.83. The van der Waals surface area contributed by atoms with E-state index in [1.165, 1.54) is 29.2 Å². The Hall–Kier alpha value is -3.12. The normalized spacial score (nSPS) is 24.0. The number of benzene rings is 3.